The Morgan fingerprint density at radius 2 is 1.54 bits per heavy atom. The standard InChI is InChI=1S/C21H14Cl3F7N2O2/c22-14-6-11(7-15(23)18(14)24)13(21(29,30)31)4-2-10-1-3-12(16(25)5-10)19(35)32-8-17(34)33-9-20(26,27)28/h1-7,13H,8-9H2,(H,32,35)(H,33,34)/b4-2+. The molecule has 2 aromatic rings. The molecule has 0 aliphatic carbocycles. The molecule has 1 atom stereocenters. The molecule has 0 fully saturated rings. The van der Waals surface area contributed by atoms with Gasteiger partial charge in [0.1, 0.15) is 12.4 Å². The van der Waals surface area contributed by atoms with E-state index in [9.17, 15) is 40.3 Å². The maximum absolute atomic E-state index is 14.3. The van der Waals surface area contributed by atoms with Gasteiger partial charge in [0, 0.05) is 0 Å². The molecular weight excluding hydrogens is 552 g/mol. The molecule has 2 rings (SSSR count). The normalized spacial score (nSPS) is 13.1. The number of halogens is 10. The lowest BCUT2D eigenvalue weighted by molar-refractivity contribution is -0.139. The van der Waals surface area contributed by atoms with Gasteiger partial charge in [0.25, 0.3) is 5.91 Å². The highest BCUT2D eigenvalue weighted by Gasteiger charge is 2.39. The molecule has 0 saturated carbocycles. The molecule has 4 nitrogen and oxygen atoms in total. The summed E-state index contributed by atoms with van der Waals surface area (Å²) in [6.45, 7) is -2.46. The minimum Gasteiger partial charge on any atom is -0.345 e. The first-order valence-corrected chi connectivity index (χ1v) is 10.5. The number of carbonyl (C=O) groups excluding carboxylic acids is 2. The van der Waals surface area contributed by atoms with E-state index in [1.807, 2.05) is 5.32 Å². The number of hydrogen-bond acceptors (Lipinski definition) is 2. The first-order valence-electron chi connectivity index (χ1n) is 9.39. The Bertz CT molecular complexity index is 1110. The average Bonchev–Trinajstić information content (AvgIpc) is 2.73. The lowest BCUT2D eigenvalue weighted by Gasteiger charge is -2.18. The number of carbonyl (C=O) groups is 2. The van der Waals surface area contributed by atoms with Gasteiger partial charge >= 0.3 is 12.4 Å². The Morgan fingerprint density at radius 3 is 2.06 bits per heavy atom. The molecule has 1 unspecified atom stereocenters. The van der Waals surface area contributed by atoms with Crippen LogP contribution in [0.4, 0.5) is 30.7 Å². The number of allylic oxidation sites excluding steroid dienone is 1. The molecule has 14 heteroatoms. The van der Waals surface area contributed by atoms with Gasteiger partial charge in [0.2, 0.25) is 5.91 Å². The Kier molecular flexibility index (Phi) is 9.43. The molecule has 0 radical (unpaired) electrons. The quantitative estimate of drug-likeness (QED) is 0.295. The summed E-state index contributed by atoms with van der Waals surface area (Å²) in [6.07, 6.45) is -7.71. The van der Waals surface area contributed by atoms with Gasteiger partial charge in [-0.1, -0.05) is 53.0 Å². The van der Waals surface area contributed by atoms with Crippen molar-refractivity contribution >= 4 is 52.7 Å². The number of hydrogen-bond donors (Lipinski definition) is 2. The van der Waals surface area contributed by atoms with Gasteiger partial charge in [-0.2, -0.15) is 26.3 Å². The van der Waals surface area contributed by atoms with Gasteiger partial charge < -0.3 is 10.6 Å². The maximum Gasteiger partial charge on any atom is 0.405 e. The monoisotopic (exact) mass is 564 g/mol. The van der Waals surface area contributed by atoms with Crippen LogP contribution in [0.25, 0.3) is 6.08 Å². The van der Waals surface area contributed by atoms with Crippen molar-refractivity contribution in [3.05, 3.63) is 74.0 Å². The fourth-order valence-corrected chi connectivity index (χ4v) is 3.32. The molecule has 190 valence electrons. The Labute approximate surface area is 209 Å². The van der Waals surface area contributed by atoms with Crippen LogP contribution in [0, 0.1) is 5.82 Å². The predicted octanol–water partition coefficient (Wildman–Crippen LogP) is 6.55. The van der Waals surface area contributed by atoms with Crippen molar-refractivity contribution in [2.75, 3.05) is 13.1 Å². The van der Waals surface area contributed by atoms with Crippen LogP contribution >= 0.6 is 34.8 Å². The van der Waals surface area contributed by atoms with Crippen LogP contribution in [-0.4, -0.2) is 37.3 Å². The SMILES string of the molecule is O=C(CNC(=O)c1ccc(/C=C/C(c2cc(Cl)c(Cl)c(Cl)c2)C(F)(F)F)cc1F)NCC(F)(F)F. The minimum absolute atomic E-state index is 0.0395. The number of rotatable bonds is 7. The minimum atomic E-state index is -4.76. The molecule has 2 N–H and O–H groups in total. The molecule has 0 heterocycles. The smallest absolute Gasteiger partial charge is 0.345 e. The summed E-state index contributed by atoms with van der Waals surface area (Å²) in [6, 6.07) is 4.84. The zero-order valence-electron chi connectivity index (χ0n) is 17.1. The van der Waals surface area contributed by atoms with Crippen molar-refractivity contribution in [1.82, 2.24) is 10.6 Å². The lowest BCUT2D eigenvalue weighted by atomic mass is 9.97. The van der Waals surface area contributed by atoms with Crippen LogP contribution in [0.15, 0.2) is 36.4 Å². The van der Waals surface area contributed by atoms with Crippen molar-refractivity contribution in [2.24, 2.45) is 0 Å². The molecule has 0 aliphatic rings. The topological polar surface area (TPSA) is 58.2 Å². The summed E-state index contributed by atoms with van der Waals surface area (Å²) < 4.78 is 91.3. The molecule has 0 aliphatic heterocycles. The van der Waals surface area contributed by atoms with E-state index in [0.717, 1.165) is 42.5 Å². The zero-order chi connectivity index (χ0) is 26.6. The number of nitrogens with one attached hydrogen (secondary N) is 2. The third kappa shape index (κ3) is 8.59. The van der Waals surface area contributed by atoms with Gasteiger partial charge in [0.05, 0.1) is 33.1 Å². The first-order chi connectivity index (χ1) is 16.1. The molecular formula is C21H14Cl3F7N2O2. The number of benzene rings is 2. The van der Waals surface area contributed by atoms with Gasteiger partial charge in [-0.3, -0.25) is 9.59 Å². The molecule has 2 aromatic carbocycles. The second-order valence-corrected chi connectivity index (χ2v) is 8.18. The Hall–Kier alpha value is -2.50. The van der Waals surface area contributed by atoms with Crippen molar-refractivity contribution < 1.29 is 40.3 Å². The van der Waals surface area contributed by atoms with Crippen LogP contribution in [0.3, 0.4) is 0 Å². The summed E-state index contributed by atoms with van der Waals surface area (Å²) in [4.78, 5) is 23.3. The van der Waals surface area contributed by atoms with Gasteiger partial charge in [-0.25, -0.2) is 4.39 Å². The Balaban J connectivity index is 2.15. The van der Waals surface area contributed by atoms with Crippen LogP contribution in [-0.2, 0) is 4.79 Å². The largest absolute Gasteiger partial charge is 0.405 e. The fraction of sp³-hybridized carbons (Fsp3) is 0.238. The van der Waals surface area contributed by atoms with Crippen molar-refractivity contribution in [3.8, 4) is 0 Å². The molecule has 35 heavy (non-hydrogen) atoms. The summed E-state index contributed by atoms with van der Waals surface area (Å²) in [7, 11) is 0. The first kappa shape index (κ1) is 28.7. The van der Waals surface area contributed by atoms with Crippen molar-refractivity contribution in [3.63, 3.8) is 0 Å². The van der Waals surface area contributed by atoms with E-state index in [1.54, 1.807) is 0 Å². The average molecular weight is 566 g/mol. The molecule has 0 saturated heterocycles. The highest BCUT2D eigenvalue weighted by molar-refractivity contribution is 6.48. The Morgan fingerprint density at radius 1 is 0.943 bits per heavy atom. The van der Waals surface area contributed by atoms with E-state index in [0.29, 0.717) is 0 Å². The van der Waals surface area contributed by atoms with Crippen LogP contribution in [0.5, 0.6) is 0 Å². The summed E-state index contributed by atoms with van der Waals surface area (Å²) in [5.74, 6) is -5.58. The second-order valence-electron chi connectivity index (χ2n) is 6.99. The van der Waals surface area contributed by atoms with Crippen LogP contribution < -0.4 is 10.6 Å². The van der Waals surface area contributed by atoms with E-state index in [1.165, 1.54) is 5.32 Å². The highest BCUT2D eigenvalue weighted by Crippen LogP contribution is 2.41. The van der Waals surface area contributed by atoms with Gasteiger partial charge in [0.15, 0.2) is 0 Å². The van der Waals surface area contributed by atoms with Crippen molar-refractivity contribution in [1.29, 1.82) is 0 Å². The van der Waals surface area contributed by atoms with E-state index >= 15 is 0 Å². The summed E-state index contributed by atoms with van der Waals surface area (Å²) in [5.41, 5.74) is -0.926. The molecule has 0 bridgehead atoms. The van der Waals surface area contributed by atoms with E-state index in [-0.39, 0.29) is 26.2 Å². The zero-order valence-corrected chi connectivity index (χ0v) is 19.4. The third-order valence-corrected chi connectivity index (χ3v) is 5.53. The molecule has 0 spiro atoms. The maximum atomic E-state index is 14.3. The van der Waals surface area contributed by atoms with Crippen molar-refractivity contribution in [2.45, 2.75) is 18.3 Å². The molecule has 2 amide bonds. The van der Waals surface area contributed by atoms with Crippen LogP contribution in [0.1, 0.15) is 27.4 Å². The summed E-state index contributed by atoms with van der Waals surface area (Å²) in [5, 5.41) is 2.97. The fourth-order valence-electron chi connectivity index (χ4n) is 2.71. The molecule has 0 aromatic heterocycles. The van der Waals surface area contributed by atoms with E-state index in [4.69, 9.17) is 34.8 Å². The predicted molar refractivity (Wildman–Crippen MR) is 117 cm³/mol. The second kappa shape index (κ2) is 11.5. The third-order valence-electron chi connectivity index (χ3n) is 4.33. The number of alkyl halides is 6. The lowest BCUT2D eigenvalue weighted by Crippen LogP contribution is -2.41. The number of amides is 2. The van der Waals surface area contributed by atoms with Gasteiger partial charge in [-0.05, 0) is 35.4 Å². The van der Waals surface area contributed by atoms with Gasteiger partial charge in [-0.15, -0.1) is 0 Å². The van der Waals surface area contributed by atoms with E-state index < -0.39 is 54.6 Å². The summed E-state index contributed by atoms with van der Waals surface area (Å²) >= 11 is 17.4. The van der Waals surface area contributed by atoms with Crippen LogP contribution in [0.2, 0.25) is 15.1 Å². The van der Waals surface area contributed by atoms with E-state index in [2.05, 4.69) is 0 Å². The highest BCUT2D eigenvalue weighted by atomic mass is 35.5.